The molecule has 0 amide bonds. The van der Waals surface area contributed by atoms with Gasteiger partial charge >= 0.3 is 0 Å². The highest BCUT2D eigenvalue weighted by atomic mass is 32.1. The lowest BCUT2D eigenvalue weighted by Gasteiger charge is -2.35. The molecule has 1 unspecified atom stereocenters. The molecule has 24 heavy (non-hydrogen) atoms. The molecule has 1 atom stereocenters. The van der Waals surface area contributed by atoms with Crippen LogP contribution in [0.2, 0.25) is 0 Å². The molecule has 130 valence electrons. The number of aromatic nitrogens is 1. The van der Waals surface area contributed by atoms with Gasteiger partial charge in [-0.05, 0) is 24.6 Å². The lowest BCUT2D eigenvalue weighted by molar-refractivity contribution is 0.0696. The number of benzene rings is 1. The second-order valence-corrected chi connectivity index (χ2v) is 7.29. The third-order valence-electron chi connectivity index (χ3n) is 4.43. The largest absolute Gasteiger partial charge is 0.497 e. The van der Waals surface area contributed by atoms with Gasteiger partial charge in [-0.2, -0.15) is 0 Å². The minimum atomic E-state index is -0.479. The molecule has 1 aromatic heterocycles. The van der Waals surface area contributed by atoms with Gasteiger partial charge in [0.15, 0.2) is 0 Å². The van der Waals surface area contributed by atoms with Gasteiger partial charge in [-0.3, -0.25) is 9.80 Å². The number of aryl methyl sites for hydroxylation is 1. The number of aliphatic hydroxyl groups excluding tert-OH is 1. The van der Waals surface area contributed by atoms with Gasteiger partial charge in [0.25, 0.3) is 0 Å². The van der Waals surface area contributed by atoms with Crippen molar-refractivity contribution in [3.8, 4) is 5.75 Å². The second kappa shape index (κ2) is 8.07. The van der Waals surface area contributed by atoms with E-state index < -0.39 is 6.10 Å². The van der Waals surface area contributed by atoms with Crippen molar-refractivity contribution in [3.63, 3.8) is 0 Å². The Kier molecular flexibility index (Phi) is 5.84. The Labute approximate surface area is 147 Å². The Balaban J connectivity index is 1.47. The van der Waals surface area contributed by atoms with Crippen molar-refractivity contribution in [2.24, 2.45) is 0 Å². The summed E-state index contributed by atoms with van der Waals surface area (Å²) in [6.07, 6.45) is -0.479. The predicted molar refractivity (Wildman–Crippen MR) is 96.5 cm³/mol. The topological polar surface area (TPSA) is 48.8 Å². The van der Waals surface area contributed by atoms with Crippen LogP contribution in [-0.4, -0.2) is 59.7 Å². The molecule has 0 spiro atoms. The van der Waals surface area contributed by atoms with E-state index in [0.717, 1.165) is 49.0 Å². The monoisotopic (exact) mass is 347 g/mol. The van der Waals surface area contributed by atoms with E-state index in [0.29, 0.717) is 6.54 Å². The summed E-state index contributed by atoms with van der Waals surface area (Å²) in [5.41, 5.74) is 2.08. The number of thiazole rings is 1. The third kappa shape index (κ3) is 4.54. The third-order valence-corrected chi connectivity index (χ3v) is 5.25. The summed E-state index contributed by atoms with van der Waals surface area (Å²) in [6, 6.07) is 7.68. The lowest BCUT2D eigenvalue weighted by Crippen LogP contribution is -2.47. The van der Waals surface area contributed by atoms with Crippen molar-refractivity contribution in [3.05, 3.63) is 45.9 Å². The molecule has 1 aromatic carbocycles. The number of hydrogen-bond donors (Lipinski definition) is 1. The molecule has 2 aromatic rings. The van der Waals surface area contributed by atoms with Crippen LogP contribution in [0.1, 0.15) is 22.4 Å². The Morgan fingerprint density at radius 1 is 1.25 bits per heavy atom. The molecule has 0 radical (unpaired) electrons. The number of hydrogen-bond acceptors (Lipinski definition) is 6. The first-order valence-electron chi connectivity index (χ1n) is 8.32. The predicted octanol–water partition coefficient (Wildman–Crippen LogP) is 2.31. The number of ether oxygens (including phenoxy) is 1. The summed E-state index contributed by atoms with van der Waals surface area (Å²) in [5.74, 6) is 0.787. The second-order valence-electron chi connectivity index (χ2n) is 6.23. The van der Waals surface area contributed by atoms with Crippen molar-refractivity contribution in [1.82, 2.24) is 14.8 Å². The van der Waals surface area contributed by atoms with Crippen molar-refractivity contribution in [2.45, 2.75) is 19.6 Å². The van der Waals surface area contributed by atoms with Gasteiger partial charge < -0.3 is 9.84 Å². The van der Waals surface area contributed by atoms with Gasteiger partial charge in [-0.1, -0.05) is 12.1 Å². The van der Waals surface area contributed by atoms with E-state index in [1.54, 1.807) is 18.4 Å². The van der Waals surface area contributed by atoms with Crippen LogP contribution in [0.5, 0.6) is 5.75 Å². The first-order chi connectivity index (χ1) is 11.6. The summed E-state index contributed by atoms with van der Waals surface area (Å²) in [7, 11) is 1.65. The highest BCUT2D eigenvalue weighted by Crippen LogP contribution is 2.20. The smallest absolute Gasteiger partial charge is 0.119 e. The molecule has 1 aliphatic heterocycles. The standard InChI is InChI=1S/C18H25N3O2S/c1-14-19-16(13-24-14)11-20-6-8-21(9-7-20)12-18(22)15-4-3-5-17(10-15)23-2/h3-5,10,13,18,22H,6-9,11-12H2,1-2H3. The van der Waals surface area contributed by atoms with Crippen molar-refractivity contribution in [2.75, 3.05) is 39.8 Å². The number of rotatable bonds is 6. The number of nitrogens with zero attached hydrogens (tertiary/aromatic N) is 3. The molecule has 0 aliphatic carbocycles. The SMILES string of the molecule is COc1cccc(C(O)CN2CCN(Cc3csc(C)n3)CC2)c1. The summed E-state index contributed by atoms with van der Waals surface area (Å²) >= 11 is 1.71. The Bertz CT molecular complexity index is 653. The van der Waals surface area contributed by atoms with Crippen LogP contribution >= 0.6 is 11.3 Å². The molecule has 6 heteroatoms. The summed E-state index contributed by atoms with van der Waals surface area (Å²) in [4.78, 5) is 9.30. The van der Waals surface area contributed by atoms with Gasteiger partial charge in [-0.15, -0.1) is 11.3 Å². The number of β-amino-alcohol motifs (C(OH)–C–C–N with tert-alkyl or cyclic N) is 1. The van der Waals surface area contributed by atoms with Crippen LogP contribution in [0.3, 0.4) is 0 Å². The zero-order valence-electron chi connectivity index (χ0n) is 14.3. The Morgan fingerprint density at radius 3 is 2.67 bits per heavy atom. The number of piperazine rings is 1. The van der Waals surface area contributed by atoms with Crippen LogP contribution in [0.4, 0.5) is 0 Å². The van der Waals surface area contributed by atoms with Crippen LogP contribution in [-0.2, 0) is 6.54 Å². The highest BCUT2D eigenvalue weighted by molar-refractivity contribution is 7.09. The first-order valence-corrected chi connectivity index (χ1v) is 9.20. The number of methoxy groups -OCH3 is 1. The van der Waals surface area contributed by atoms with Crippen molar-refractivity contribution >= 4 is 11.3 Å². The number of aliphatic hydroxyl groups is 1. The van der Waals surface area contributed by atoms with Gasteiger partial charge in [0.1, 0.15) is 5.75 Å². The highest BCUT2D eigenvalue weighted by Gasteiger charge is 2.20. The fraction of sp³-hybridized carbons (Fsp3) is 0.500. The molecular formula is C18H25N3O2S. The Hall–Kier alpha value is -1.47. The molecule has 0 bridgehead atoms. The average Bonchev–Trinajstić information content (AvgIpc) is 3.01. The minimum Gasteiger partial charge on any atom is -0.497 e. The first kappa shape index (κ1) is 17.4. The zero-order chi connectivity index (χ0) is 16.9. The van der Waals surface area contributed by atoms with Crippen LogP contribution in [0.15, 0.2) is 29.6 Å². The van der Waals surface area contributed by atoms with Gasteiger partial charge in [0, 0.05) is 44.6 Å². The molecule has 0 saturated carbocycles. The van der Waals surface area contributed by atoms with Crippen molar-refractivity contribution in [1.29, 1.82) is 0 Å². The van der Waals surface area contributed by atoms with Crippen LogP contribution < -0.4 is 4.74 Å². The molecule has 5 nitrogen and oxygen atoms in total. The molecule has 1 fully saturated rings. The summed E-state index contributed by atoms with van der Waals surface area (Å²) in [6.45, 7) is 7.62. The van der Waals surface area contributed by atoms with Crippen LogP contribution in [0, 0.1) is 6.92 Å². The maximum atomic E-state index is 10.5. The van der Waals surface area contributed by atoms with E-state index in [2.05, 4.69) is 20.2 Å². The molecule has 1 aliphatic rings. The van der Waals surface area contributed by atoms with E-state index in [1.165, 1.54) is 5.69 Å². The minimum absolute atomic E-state index is 0.479. The van der Waals surface area contributed by atoms with Gasteiger partial charge in [0.05, 0.1) is 23.9 Å². The lowest BCUT2D eigenvalue weighted by atomic mass is 10.1. The molecule has 1 saturated heterocycles. The maximum absolute atomic E-state index is 10.5. The van der Waals surface area contributed by atoms with Gasteiger partial charge in [0.2, 0.25) is 0 Å². The fourth-order valence-electron chi connectivity index (χ4n) is 3.04. The van der Waals surface area contributed by atoms with E-state index in [9.17, 15) is 5.11 Å². The summed E-state index contributed by atoms with van der Waals surface area (Å²) in [5, 5.41) is 13.8. The van der Waals surface area contributed by atoms with Gasteiger partial charge in [-0.25, -0.2) is 4.98 Å². The Morgan fingerprint density at radius 2 is 2.00 bits per heavy atom. The van der Waals surface area contributed by atoms with E-state index in [-0.39, 0.29) is 0 Å². The quantitative estimate of drug-likeness (QED) is 0.869. The van der Waals surface area contributed by atoms with E-state index >= 15 is 0 Å². The molecule has 1 N–H and O–H groups in total. The van der Waals surface area contributed by atoms with E-state index in [4.69, 9.17) is 4.74 Å². The van der Waals surface area contributed by atoms with Crippen LogP contribution in [0.25, 0.3) is 0 Å². The molecule has 2 heterocycles. The fourth-order valence-corrected chi connectivity index (χ4v) is 3.64. The average molecular weight is 347 g/mol. The normalized spacial score (nSPS) is 17.8. The van der Waals surface area contributed by atoms with Crippen molar-refractivity contribution < 1.29 is 9.84 Å². The maximum Gasteiger partial charge on any atom is 0.119 e. The molecule has 3 rings (SSSR count). The molecular weight excluding hydrogens is 322 g/mol. The van der Waals surface area contributed by atoms with E-state index in [1.807, 2.05) is 31.2 Å². The zero-order valence-corrected chi connectivity index (χ0v) is 15.1. The summed E-state index contributed by atoms with van der Waals surface area (Å²) < 4.78 is 5.23.